The fourth-order valence-electron chi connectivity index (χ4n) is 3.30. The van der Waals surface area contributed by atoms with Crippen molar-refractivity contribution in [2.45, 2.75) is 26.5 Å². The maximum atomic E-state index is 12.7. The van der Waals surface area contributed by atoms with Crippen LogP contribution in [0.5, 0.6) is 17.2 Å². The summed E-state index contributed by atoms with van der Waals surface area (Å²) >= 11 is 0. The van der Waals surface area contributed by atoms with Gasteiger partial charge in [-0.25, -0.2) is 0 Å². The second-order valence-electron chi connectivity index (χ2n) is 6.60. The van der Waals surface area contributed by atoms with Gasteiger partial charge in [-0.1, -0.05) is 6.92 Å². The van der Waals surface area contributed by atoms with Gasteiger partial charge in [0.25, 0.3) is 0 Å². The summed E-state index contributed by atoms with van der Waals surface area (Å²) in [5.74, 6) is 1.16. The summed E-state index contributed by atoms with van der Waals surface area (Å²) in [6.45, 7) is 2.85. The lowest BCUT2D eigenvalue weighted by atomic mass is 9.89. The Morgan fingerprint density at radius 3 is 2.74 bits per heavy atom. The highest BCUT2D eigenvalue weighted by Gasteiger charge is 2.30. The molecule has 2 aliphatic rings. The van der Waals surface area contributed by atoms with Gasteiger partial charge in [-0.05, 0) is 31.5 Å². The average Bonchev–Trinajstić information content (AvgIpc) is 3.07. The molecule has 2 heterocycles. The highest BCUT2D eigenvalue weighted by Crippen LogP contribution is 2.39. The van der Waals surface area contributed by atoms with Crippen molar-refractivity contribution in [2.75, 3.05) is 33.5 Å². The van der Waals surface area contributed by atoms with Crippen molar-refractivity contribution in [3.8, 4) is 17.2 Å². The molecule has 1 aromatic rings. The third-order valence-electron chi connectivity index (χ3n) is 4.32. The Morgan fingerprint density at radius 1 is 1.35 bits per heavy atom. The minimum atomic E-state index is -2.86. The average molecular weight is 328 g/mol. The monoisotopic (exact) mass is 328 g/mol. The molecule has 23 heavy (non-hydrogen) atoms. The molecule has 1 fully saturated rings. The summed E-state index contributed by atoms with van der Waals surface area (Å²) < 4.78 is 40.6. The van der Waals surface area contributed by atoms with Crippen LogP contribution in [0.3, 0.4) is 0 Å². The molecule has 7 heteroatoms. The number of halogens is 2. The van der Waals surface area contributed by atoms with Gasteiger partial charge in [0.05, 0.1) is 0 Å². The molecular weight excluding hydrogens is 306 g/mol. The van der Waals surface area contributed by atoms with Gasteiger partial charge in [-0.3, -0.25) is 0 Å². The zero-order valence-corrected chi connectivity index (χ0v) is 13.4. The Morgan fingerprint density at radius 2 is 2.09 bits per heavy atom. The second kappa shape index (κ2) is 6.49. The van der Waals surface area contributed by atoms with Gasteiger partial charge in [0, 0.05) is 31.3 Å². The van der Waals surface area contributed by atoms with E-state index in [4.69, 9.17) is 9.47 Å². The molecule has 5 nitrogen and oxygen atoms in total. The summed E-state index contributed by atoms with van der Waals surface area (Å²) in [4.78, 5) is 2.13. The molecule has 1 saturated heterocycles. The predicted octanol–water partition coefficient (Wildman–Crippen LogP) is 2.45. The van der Waals surface area contributed by atoms with Gasteiger partial charge >= 0.3 is 6.61 Å². The van der Waals surface area contributed by atoms with Crippen LogP contribution in [0.2, 0.25) is 0 Å². The van der Waals surface area contributed by atoms with E-state index >= 15 is 0 Å². The first kappa shape index (κ1) is 16.3. The smallest absolute Gasteiger partial charge is 0.387 e. The van der Waals surface area contributed by atoms with Crippen LogP contribution in [0.4, 0.5) is 8.78 Å². The Labute approximate surface area is 134 Å². The van der Waals surface area contributed by atoms with Crippen LogP contribution in [-0.2, 0) is 6.54 Å². The van der Waals surface area contributed by atoms with Gasteiger partial charge in [0.1, 0.15) is 5.75 Å². The molecule has 0 saturated carbocycles. The molecule has 2 aliphatic heterocycles. The standard InChI is InChI=1S/C16H22F2N2O3/c1-16(3-4-19-8-16)9-20(2)7-11-5-13-14(22-10-21-13)6-12(11)23-15(17)18/h5-6,15,19H,3-4,7-10H2,1-2H3. The topological polar surface area (TPSA) is 43.0 Å². The molecule has 0 radical (unpaired) electrons. The third-order valence-corrected chi connectivity index (χ3v) is 4.32. The molecule has 1 N–H and O–H groups in total. The molecule has 0 aliphatic carbocycles. The lowest BCUT2D eigenvalue weighted by Crippen LogP contribution is -2.34. The van der Waals surface area contributed by atoms with Crippen LogP contribution >= 0.6 is 0 Å². The van der Waals surface area contributed by atoms with Crippen LogP contribution < -0.4 is 19.5 Å². The number of hydrogen-bond acceptors (Lipinski definition) is 5. The minimum Gasteiger partial charge on any atom is -0.454 e. The van der Waals surface area contributed by atoms with Gasteiger partial charge < -0.3 is 24.4 Å². The Hall–Kier alpha value is -1.60. The number of hydrogen-bond donors (Lipinski definition) is 1. The normalized spacial score (nSPS) is 23.0. The Bertz CT molecular complexity index is 563. The quantitative estimate of drug-likeness (QED) is 0.869. The van der Waals surface area contributed by atoms with E-state index in [2.05, 4.69) is 21.9 Å². The molecule has 1 unspecified atom stereocenters. The van der Waals surface area contributed by atoms with E-state index < -0.39 is 6.61 Å². The molecular formula is C16H22F2N2O3. The number of fused-ring (bicyclic) bond motifs is 1. The minimum absolute atomic E-state index is 0.104. The second-order valence-corrected chi connectivity index (χ2v) is 6.60. The predicted molar refractivity (Wildman–Crippen MR) is 81.1 cm³/mol. The summed E-state index contributed by atoms with van der Waals surface area (Å²) in [5.41, 5.74) is 0.876. The first-order chi connectivity index (χ1) is 11.0. The number of rotatable bonds is 6. The van der Waals surface area contributed by atoms with E-state index in [1.165, 1.54) is 6.07 Å². The molecule has 1 aromatic carbocycles. The number of ether oxygens (including phenoxy) is 3. The van der Waals surface area contributed by atoms with E-state index in [1.54, 1.807) is 6.07 Å². The number of nitrogens with zero attached hydrogens (tertiary/aromatic N) is 1. The van der Waals surface area contributed by atoms with Crippen LogP contribution in [-0.4, -0.2) is 45.0 Å². The largest absolute Gasteiger partial charge is 0.454 e. The van der Waals surface area contributed by atoms with Crippen molar-refractivity contribution in [3.05, 3.63) is 17.7 Å². The van der Waals surface area contributed by atoms with Crippen LogP contribution in [0.25, 0.3) is 0 Å². The highest BCUT2D eigenvalue weighted by molar-refractivity contribution is 5.51. The summed E-state index contributed by atoms with van der Waals surface area (Å²) in [6, 6.07) is 3.21. The molecule has 128 valence electrons. The zero-order chi connectivity index (χ0) is 16.4. The van der Waals surface area contributed by atoms with Crippen molar-refractivity contribution in [1.82, 2.24) is 10.2 Å². The zero-order valence-electron chi connectivity index (χ0n) is 13.4. The first-order valence-electron chi connectivity index (χ1n) is 7.72. The summed E-state index contributed by atoms with van der Waals surface area (Å²) in [5, 5.41) is 3.37. The van der Waals surface area contributed by atoms with Gasteiger partial charge in [-0.15, -0.1) is 0 Å². The third kappa shape index (κ3) is 3.84. The van der Waals surface area contributed by atoms with Crippen molar-refractivity contribution in [2.24, 2.45) is 5.41 Å². The maximum Gasteiger partial charge on any atom is 0.387 e. The Kier molecular flexibility index (Phi) is 4.59. The van der Waals surface area contributed by atoms with Crippen molar-refractivity contribution < 1.29 is 23.0 Å². The maximum absolute atomic E-state index is 12.7. The molecule has 0 amide bonds. The first-order valence-corrected chi connectivity index (χ1v) is 7.72. The van der Waals surface area contributed by atoms with E-state index in [1.807, 2.05) is 7.05 Å². The van der Waals surface area contributed by atoms with E-state index in [0.717, 1.165) is 26.1 Å². The highest BCUT2D eigenvalue weighted by atomic mass is 19.3. The summed E-state index contributed by atoms with van der Waals surface area (Å²) in [7, 11) is 1.99. The number of alkyl halides is 2. The van der Waals surface area contributed by atoms with Gasteiger partial charge in [-0.2, -0.15) is 8.78 Å². The fraction of sp³-hybridized carbons (Fsp3) is 0.625. The van der Waals surface area contributed by atoms with E-state index in [0.29, 0.717) is 23.6 Å². The van der Waals surface area contributed by atoms with Crippen molar-refractivity contribution in [3.63, 3.8) is 0 Å². The van der Waals surface area contributed by atoms with Crippen LogP contribution in [0.15, 0.2) is 12.1 Å². The lowest BCUT2D eigenvalue weighted by molar-refractivity contribution is -0.0508. The molecule has 1 atom stereocenters. The number of nitrogens with one attached hydrogen (secondary N) is 1. The van der Waals surface area contributed by atoms with E-state index in [-0.39, 0.29) is 18.0 Å². The lowest BCUT2D eigenvalue weighted by Gasteiger charge is -2.29. The van der Waals surface area contributed by atoms with E-state index in [9.17, 15) is 8.78 Å². The van der Waals surface area contributed by atoms with Gasteiger partial charge in [0.15, 0.2) is 11.5 Å². The molecule has 0 bridgehead atoms. The fourth-order valence-corrected chi connectivity index (χ4v) is 3.30. The summed E-state index contributed by atoms with van der Waals surface area (Å²) in [6.07, 6.45) is 1.11. The van der Waals surface area contributed by atoms with Crippen molar-refractivity contribution in [1.29, 1.82) is 0 Å². The SMILES string of the molecule is CN(Cc1cc2c(cc1OC(F)F)OCO2)CC1(C)CCNC1. The van der Waals surface area contributed by atoms with Crippen LogP contribution in [0.1, 0.15) is 18.9 Å². The Balaban J connectivity index is 1.75. The molecule has 0 aromatic heterocycles. The molecule has 3 rings (SSSR count). The van der Waals surface area contributed by atoms with Crippen molar-refractivity contribution >= 4 is 0 Å². The van der Waals surface area contributed by atoms with Crippen LogP contribution in [0, 0.1) is 5.41 Å². The molecule has 0 spiro atoms. The number of benzene rings is 1. The van der Waals surface area contributed by atoms with Gasteiger partial charge in [0.2, 0.25) is 6.79 Å².